The average Bonchev–Trinajstić information content (AvgIpc) is 3.47. The fourth-order valence-corrected chi connectivity index (χ4v) is 6.23. The maximum atomic E-state index is 13.7. The molecule has 2 aliphatic heterocycles. The number of hydrogen-bond donors (Lipinski definition) is 0. The Morgan fingerprint density at radius 2 is 1.88 bits per heavy atom. The number of methoxy groups -OCH3 is 1. The molecular weight excluding hydrogens is 403 g/mol. The highest BCUT2D eigenvalue weighted by Gasteiger charge is 2.48. The predicted molar refractivity (Wildman–Crippen MR) is 123 cm³/mol. The van der Waals surface area contributed by atoms with Crippen LogP contribution in [-0.2, 0) is 11.3 Å². The number of amides is 1. The lowest BCUT2D eigenvalue weighted by molar-refractivity contribution is -0.137. The second kappa shape index (κ2) is 9.22. The number of halogens is 1. The SMILES string of the molecule is COc1cccc([C@H]2CN(C(=O)C3CCCC3)[C@@H]3CCN(Cc4cccc(F)c4)C[C@H]23)c1. The van der Waals surface area contributed by atoms with Gasteiger partial charge < -0.3 is 9.64 Å². The molecule has 0 spiro atoms. The van der Waals surface area contributed by atoms with Gasteiger partial charge in [-0.3, -0.25) is 9.69 Å². The van der Waals surface area contributed by atoms with Crippen molar-refractivity contribution in [2.75, 3.05) is 26.7 Å². The van der Waals surface area contributed by atoms with Gasteiger partial charge in [0, 0.05) is 50.0 Å². The van der Waals surface area contributed by atoms with E-state index in [0.717, 1.165) is 56.8 Å². The Bertz CT molecular complexity index is 958. The lowest BCUT2D eigenvalue weighted by atomic mass is 9.81. The zero-order valence-electron chi connectivity index (χ0n) is 18.9. The average molecular weight is 437 g/mol. The fraction of sp³-hybridized carbons (Fsp3) is 0.519. The van der Waals surface area contributed by atoms with E-state index in [9.17, 15) is 9.18 Å². The van der Waals surface area contributed by atoms with E-state index in [1.54, 1.807) is 19.2 Å². The molecule has 1 amide bonds. The number of hydrogen-bond acceptors (Lipinski definition) is 3. The van der Waals surface area contributed by atoms with Gasteiger partial charge in [-0.1, -0.05) is 37.1 Å². The Kier molecular flexibility index (Phi) is 6.18. The molecule has 0 unspecified atom stereocenters. The zero-order valence-corrected chi connectivity index (χ0v) is 18.9. The van der Waals surface area contributed by atoms with E-state index in [-0.39, 0.29) is 11.7 Å². The number of piperidine rings is 1. The van der Waals surface area contributed by atoms with Crippen molar-refractivity contribution in [2.45, 2.75) is 50.6 Å². The molecule has 0 aromatic heterocycles. The Balaban J connectivity index is 1.39. The van der Waals surface area contributed by atoms with Gasteiger partial charge in [0.15, 0.2) is 0 Å². The van der Waals surface area contributed by atoms with Crippen LogP contribution >= 0.6 is 0 Å². The minimum absolute atomic E-state index is 0.180. The van der Waals surface area contributed by atoms with Crippen LogP contribution in [0.4, 0.5) is 4.39 Å². The first-order valence-electron chi connectivity index (χ1n) is 12.0. The fourth-order valence-electron chi connectivity index (χ4n) is 6.23. The van der Waals surface area contributed by atoms with Crippen molar-refractivity contribution in [1.29, 1.82) is 0 Å². The normalized spacial score (nSPS) is 26.3. The Hall–Kier alpha value is -2.40. The molecule has 0 radical (unpaired) electrons. The molecule has 5 rings (SSSR count). The summed E-state index contributed by atoms with van der Waals surface area (Å²) in [6.45, 7) is 3.42. The Morgan fingerprint density at radius 1 is 1.06 bits per heavy atom. The van der Waals surface area contributed by atoms with Gasteiger partial charge in [0.05, 0.1) is 7.11 Å². The smallest absolute Gasteiger partial charge is 0.225 e. The summed E-state index contributed by atoms with van der Waals surface area (Å²) in [4.78, 5) is 18.1. The number of fused-ring (bicyclic) bond motifs is 1. The van der Waals surface area contributed by atoms with Crippen LogP contribution < -0.4 is 4.74 Å². The zero-order chi connectivity index (χ0) is 22.1. The van der Waals surface area contributed by atoms with Crippen LogP contribution in [0.3, 0.4) is 0 Å². The monoisotopic (exact) mass is 436 g/mol. The largest absolute Gasteiger partial charge is 0.497 e. The molecule has 2 heterocycles. The highest BCUT2D eigenvalue weighted by Crippen LogP contribution is 2.44. The molecule has 3 fully saturated rings. The summed E-state index contributed by atoms with van der Waals surface area (Å²) in [6.07, 6.45) is 5.43. The third-order valence-electron chi connectivity index (χ3n) is 7.82. The second-order valence-corrected chi connectivity index (χ2v) is 9.74. The van der Waals surface area contributed by atoms with Gasteiger partial charge in [-0.2, -0.15) is 0 Å². The van der Waals surface area contributed by atoms with Crippen molar-refractivity contribution in [3.8, 4) is 5.75 Å². The lowest BCUT2D eigenvalue weighted by Crippen LogP contribution is -2.48. The first-order valence-corrected chi connectivity index (χ1v) is 12.0. The maximum absolute atomic E-state index is 13.7. The highest BCUT2D eigenvalue weighted by molar-refractivity contribution is 5.80. The summed E-state index contributed by atoms with van der Waals surface area (Å²) in [7, 11) is 1.70. The highest BCUT2D eigenvalue weighted by atomic mass is 19.1. The summed E-state index contributed by atoms with van der Waals surface area (Å²) in [6, 6.07) is 15.6. The van der Waals surface area contributed by atoms with Crippen molar-refractivity contribution in [1.82, 2.24) is 9.80 Å². The summed E-state index contributed by atoms with van der Waals surface area (Å²) < 4.78 is 19.2. The van der Waals surface area contributed by atoms with Gasteiger partial charge in [0.1, 0.15) is 11.6 Å². The van der Waals surface area contributed by atoms with E-state index in [1.807, 2.05) is 12.1 Å². The van der Waals surface area contributed by atoms with Crippen molar-refractivity contribution < 1.29 is 13.9 Å². The number of benzene rings is 2. The van der Waals surface area contributed by atoms with Crippen LogP contribution in [-0.4, -0.2) is 48.5 Å². The van der Waals surface area contributed by atoms with E-state index >= 15 is 0 Å². The molecule has 2 aromatic rings. The second-order valence-electron chi connectivity index (χ2n) is 9.74. The van der Waals surface area contributed by atoms with E-state index in [2.05, 4.69) is 28.0 Å². The lowest BCUT2D eigenvalue weighted by Gasteiger charge is -2.39. The number of ether oxygens (including phenoxy) is 1. The van der Waals surface area contributed by atoms with Crippen LogP contribution in [0.5, 0.6) is 5.75 Å². The quantitative estimate of drug-likeness (QED) is 0.672. The first-order chi connectivity index (χ1) is 15.6. The molecule has 2 saturated heterocycles. The third-order valence-corrected chi connectivity index (χ3v) is 7.82. The predicted octanol–water partition coefficient (Wildman–Crippen LogP) is 4.84. The van der Waals surface area contributed by atoms with Crippen LogP contribution in [0.2, 0.25) is 0 Å². The molecule has 1 saturated carbocycles. The van der Waals surface area contributed by atoms with Crippen LogP contribution in [0.1, 0.15) is 49.1 Å². The van der Waals surface area contributed by atoms with Crippen LogP contribution in [0.25, 0.3) is 0 Å². The number of rotatable bonds is 5. The van der Waals surface area contributed by atoms with E-state index in [4.69, 9.17) is 4.74 Å². The molecule has 170 valence electrons. The molecule has 1 aliphatic carbocycles. The molecule has 0 bridgehead atoms. The van der Waals surface area contributed by atoms with Crippen molar-refractivity contribution in [2.24, 2.45) is 11.8 Å². The van der Waals surface area contributed by atoms with E-state index in [1.165, 1.54) is 24.5 Å². The van der Waals surface area contributed by atoms with Gasteiger partial charge in [-0.15, -0.1) is 0 Å². The summed E-state index contributed by atoms with van der Waals surface area (Å²) >= 11 is 0. The van der Waals surface area contributed by atoms with Crippen molar-refractivity contribution >= 4 is 5.91 Å². The van der Waals surface area contributed by atoms with Crippen molar-refractivity contribution in [3.05, 3.63) is 65.5 Å². The first kappa shape index (κ1) is 21.4. The number of likely N-dealkylation sites (tertiary alicyclic amines) is 2. The Labute approximate surface area is 190 Å². The minimum atomic E-state index is -0.180. The summed E-state index contributed by atoms with van der Waals surface area (Å²) in [5, 5.41) is 0. The molecule has 32 heavy (non-hydrogen) atoms. The van der Waals surface area contributed by atoms with Gasteiger partial charge in [-0.05, 0) is 54.7 Å². The standard InChI is InChI=1S/C27H33FN2O2/c1-32-23-11-5-9-21(15-23)24-18-30(27(31)20-7-2-3-8-20)26-12-13-29(17-25(24)26)16-19-6-4-10-22(28)14-19/h4-6,9-11,14-15,20,24-26H,2-3,7-8,12-13,16-18H2,1H3/t24-,25-,26-/m1/s1. The molecule has 0 N–H and O–H groups in total. The van der Waals surface area contributed by atoms with Crippen molar-refractivity contribution in [3.63, 3.8) is 0 Å². The molecule has 5 heteroatoms. The topological polar surface area (TPSA) is 32.8 Å². The summed E-state index contributed by atoms with van der Waals surface area (Å²) in [5.74, 6) is 1.96. The Morgan fingerprint density at radius 3 is 2.66 bits per heavy atom. The molecule has 3 atom stereocenters. The van der Waals surface area contributed by atoms with Gasteiger partial charge in [0.25, 0.3) is 0 Å². The molecule has 2 aromatic carbocycles. The summed E-state index contributed by atoms with van der Waals surface area (Å²) in [5.41, 5.74) is 2.27. The maximum Gasteiger partial charge on any atom is 0.225 e. The van der Waals surface area contributed by atoms with Gasteiger partial charge >= 0.3 is 0 Å². The molecule has 4 nitrogen and oxygen atoms in total. The number of nitrogens with zero attached hydrogens (tertiary/aromatic N) is 2. The minimum Gasteiger partial charge on any atom is -0.497 e. The number of carbonyl (C=O) groups excluding carboxylic acids is 1. The van der Waals surface area contributed by atoms with E-state index in [0.29, 0.717) is 23.8 Å². The molecular formula is C27H33FN2O2. The number of carbonyl (C=O) groups is 1. The van der Waals surface area contributed by atoms with Crippen LogP contribution in [0.15, 0.2) is 48.5 Å². The third kappa shape index (κ3) is 4.27. The van der Waals surface area contributed by atoms with E-state index < -0.39 is 0 Å². The van der Waals surface area contributed by atoms with Gasteiger partial charge in [0.2, 0.25) is 5.91 Å². The van der Waals surface area contributed by atoms with Crippen LogP contribution in [0, 0.1) is 17.7 Å². The molecule has 3 aliphatic rings. The van der Waals surface area contributed by atoms with Gasteiger partial charge in [-0.25, -0.2) is 4.39 Å².